The molecule has 0 radical (unpaired) electrons. The fourth-order valence-electron chi connectivity index (χ4n) is 2.92. The van der Waals surface area contributed by atoms with Crippen molar-refractivity contribution in [2.75, 3.05) is 13.7 Å². The normalized spacial score (nSPS) is 13.3. The zero-order valence-corrected chi connectivity index (χ0v) is 16.3. The number of ether oxygens (including phenoxy) is 2. The lowest BCUT2D eigenvalue weighted by molar-refractivity contribution is 0.0728. The second-order valence-corrected chi connectivity index (χ2v) is 7.00. The Morgan fingerprint density at radius 2 is 2.04 bits per heavy atom. The number of carbonyl (C=O) groups is 1. The maximum Gasteiger partial charge on any atom is 0.254 e. The monoisotopic (exact) mass is 391 g/mol. The molecular weight excluding hydrogens is 369 g/mol. The highest BCUT2D eigenvalue weighted by Gasteiger charge is 2.34. The Hall–Kier alpha value is -2.27. The minimum atomic E-state index is -0.310. The van der Waals surface area contributed by atoms with E-state index in [9.17, 15) is 9.18 Å². The predicted molar refractivity (Wildman–Crippen MR) is 103 cm³/mol. The van der Waals surface area contributed by atoms with Gasteiger partial charge in [-0.1, -0.05) is 36.7 Å². The molecule has 4 nitrogen and oxygen atoms in total. The third-order valence-corrected chi connectivity index (χ3v) is 4.75. The Bertz CT molecular complexity index is 823. The molecule has 1 aliphatic rings. The first-order chi connectivity index (χ1) is 13.0. The van der Waals surface area contributed by atoms with Gasteiger partial charge in [-0.25, -0.2) is 4.39 Å². The van der Waals surface area contributed by atoms with Gasteiger partial charge in [0.05, 0.1) is 18.7 Å². The van der Waals surface area contributed by atoms with Gasteiger partial charge in [-0.3, -0.25) is 4.79 Å². The Morgan fingerprint density at radius 3 is 2.67 bits per heavy atom. The van der Waals surface area contributed by atoms with E-state index in [-0.39, 0.29) is 24.3 Å². The minimum absolute atomic E-state index is 0.123. The van der Waals surface area contributed by atoms with Gasteiger partial charge in [-0.2, -0.15) is 0 Å². The van der Waals surface area contributed by atoms with Crippen molar-refractivity contribution in [3.05, 3.63) is 58.4 Å². The molecule has 2 aromatic rings. The lowest BCUT2D eigenvalue weighted by atomic mass is 10.1. The van der Waals surface area contributed by atoms with E-state index in [0.717, 1.165) is 19.3 Å². The van der Waals surface area contributed by atoms with Crippen LogP contribution in [0.1, 0.15) is 42.1 Å². The van der Waals surface area contributed by atoms with Crippen LogP contribution in [0.25, 0.3) is 0 Å². The molecule has 2 aromatic carbocycles. The smallest absolute Gasteiger partial charge is 0.254 e. The highest BCUT2D eigenvalue weighted by Crippen LogP contribution is 2.38. The summed E-state index contributed by atoms with van der Waals surface area (Å²) in [4.78, 5) is 14.8. The molecule has 27 heavy (non-hydrogen) atoms. The highest BCUT2D eigenvalue weighted by atomic mass is 35.5. The van der Waals surface area contributed by atoms with Crippen molar-refractivity contribution < 1.29 is 18.7 Å². The molecule has 0 unspecified atom stereocenters. The van der Waals surface area contributed by atoms with Crippen molar-refractivity contribution in [2.24, 2.45) is 0 Å². The molecule has 1 amide bonds. The fraction of sp³-hybridized carbons (Fsp3) is 0.381. The molecule has 0 atom stereocenters. The second-order valence-electron chi connectivity index (χ2n) is 6.59. The summed E-state index contributed by atoms with van der Waals surface area (Å²) >= 11 is 6.34. The summed E-state index contributed by atoms with van der Waals surface area (Å²) in [5.74, 6) is 0.350. The van der Waals surface area contributed by atoms with Gasteiger partial charge in [0.1, 0.15) is 5.82 Å². The number of hydrogen-bond donors (Lipinski definition) is 0. The number of carbonyl (C=O) groups excluding carboxylic acids is 1. The summed E-state index contributed by atoms with van der Waals surface area (Å²) in [6.07, 6.45) is 2.67. The number of amides is 1. The number of halogens is 2. The number of nitrogens with zero attached hydrogens (tertiary/aromatic N) is 1. The van der Waals surface area contributed by atoms with Gasteiger partial charge < -0.3 is 14.4 Å². The quantitative estimate of drug-likeness (QED) is 0.629. The van der Waals surface area contributed by atoms with E-state index in [1.165, 1.54) is 13.2 Å². The van der Waals surface area contributed by atoms with E-state index in [0.29, 0.717) is 34.3 Å². The molecule has 0 aromatic heterocycles. The zero-order valence-electron chi connectivity index (χ0n) is 15.5. The summed E-state index contributed by atoms with van der Waals surface area (Å²) in [6.45, 7) is 2.73. The third-order valence-electron chi connectivity index (χ3n) is 4.47. The number of rotatable bonds is 8. The van der Waals surface area contributed by atoms with Crippen LogP contribution in [0.4, 0.5) is 4.39 Å². The van der Waals surface area contributed by atoms with E-state index in [1.54, 1.807) is 35.2 Å². The van der Waals surface area contributed by atoms with Crippen molar-refractivity contribution >= 4 is 17.5 Å². The van der Waals surface area contributed by atoms with Gasteiger partial charge in [0.2, 0.25) is 0 Å². The van der Waals surface area contributed by atoms with Crippen molar-refractivity contribution in [3.63, 3.8) is 0 Å². The first-order valence-corrected chi connectivity index (χ1v) is 9.47. The van der Waals surface area contributed by atoms with E-state index in [4.69, 9.17) is 21.1 Å². The second kappa shape index (κ2) is 8.61. The summed E-state index contributed by atoms with van der Waals surface area (Å²) in [6, 6.07) is 9.87. The standard InChI is InChI=1S/C21H23ClFNO3/c1-3-10-27-20-17(22)11-15(12-19(20)26-2)21(25)24(16-8-9-16)13-14-6-4-5-7-18(14)23/h4-7,11-12,16H,3,8-10,13H2,1-2H3. The third kappa shape index (κ3) is 4.53. The van der Waals surface area contributed by atoms with Crippen molar-refractivity contribution in [2.45, 2.75) is 38.8 Å². The topological polar surface area (TPSA) is 38.8 Å². The predicted octanol–water partition coefficient (Wildman–Crippen LogP) is 5.08. The highest BCUT2D eigenvalue weighted by molar-refractivity contribution is 6.32. The molecule has 0 saturated heterocycles. The van der Waals surface area contributed by atoms with E-state index < -0.39 is 0 Å². The first-order valence-electron chi connectivity index (χ1n) is 9.09. The van der Waals surface area contributed by atoms with Crippen molar-refractivity contribution in [3.8, 4) is 11.5 Å². The van der Waals surface area contributed by atoms with Crippen molar-refractivity contribution in [1.29, 1.82) is 0 Å². The zero-order chi connectivity index (χ0) is 19.4. The summed E-state index contributed by atoms with van der Waals surface area (Å²) < 4.78 is 25.1. The Kier molecular flexibility index (Phi) is 6.22. The maximum absolute atomic E-state index is 14.1. The lowest BCUT2D eigenvalue weighted by Crippen LogP contribution is -2.33. The molecule has 1 aliphatic carbocycles. The van der Waals surface area contributed by atoms with Gasteiger partial charge in [0.15, 0.2) is 11.5 Å². The van der Waals surface area contributed by atoms with E-state index in [1.807, 2.05) is 6.92 Å². The molecule has 0 bridgehead atoms. The molecule has 1 fully saturated rings. The fourth-order valence-corrected chi connectivity index (χ4v) is 3.18. The molecule has 0 heterocycles. The van der Waals surface area contributed by atoms with E-state index in [2.05, 4.69) is 0 Å². The largest absolute Gasteiger partial charge is 0.493 e. The van der Waals surface area contributed by atoms with Crippen LogP contribution in [0.5, 0.6) is 11.5 Å². The minimum Gasteiger partial charge on any atom is -0.493 e. The molecule has 0 aliphatic heterocycles. The SMILES string of the molecule is CCCOc1c(Cl)cc(C(=O)N(Cc2ccccc2F)C2CC2)cc1OC. The molecule has 1 saturated carbocycles. The Morgan fingerprint density at radius 1 is 1.30 bits per heavy atom. The number of methoxy groups -OCH3 is 1. The average molecular weight is 392 g/mol. The van der Waals surface area contributed by atoms with Crippen LogP contribution in [0, 0.1) is 5.82 Å². The molecule has 0 spiro atoms. The van der Waals surface area contributed by atoms with Gasteiger partial charge in [0.25, 0.3) is 5.91 Å². The van der Waals surface area contributed by atoms with Crippen LogP contribution in [0.3, 0.4) is 0 Å². The molecular formula is C21H23ClFNO3. The molecule has 3 rings (SSSR count). The summed E-state index contributed by atoms with van der Waals surface area (Å²) in [7, 11) is 1.51. The molecule has 144 valence electrons. The van der Waals surface area contributed by atoms with Gasteiger partial charge in [-0.15, -0.1) is 0 Å². The van der Waals surface area contributed by atoms with Crippen LogP contribution in [0.15, 0.2) is 36.4 Å². The van der Waals surface area contributed by atoms with Crippen LogP contribution >= 0.6 is 11.6 Å². The Labute approximate surface area is 163 Å². The van der Waals surface area contributed by atoms with Crippen LogP contribution in [0.2, 0.25) is 5.02 Å². The van der Waals surface area contributed by atoms with E-state index >= 15 is 0 Å². The van der Waals surface area contributed by atoms with Crippen molar-refractivity contribution in [1.82, 2.24) is 4.90 Å². The Balaban J connectivity index is 1.88. The summed E-state index contributed by atoms with van der Waals surface area (Å²) in [5, 5.41) is 0.327. The van der Waals surface area contributed by atoms with Gasteiger partial charge in [0, 0.05) is 23.7 Å². The maximum atomic E-state index is 14.1. The molecule has 6 heteroatoms. The summed E-state index contributed by atoms with van der Waals surface area (Å²) in [5.41, 5.74) is 0.905. The van der Waals surface area contributed by atoms with Crippen LogP contribution in [-0.2, 0) is 6.54 Å². The van der Waals surface area contributed by atoms with Crippen LogP contribution < -0.4 is 9.47 Å². The van der Waals surface area contributed by atoms with Gasteiger partial charge in [-0.05, 0) is 37.5 Å². The first kappa shape index (κ1) is 19.5. The molecule has 0 N–H and O–H groups in total. The lowest BCUT2D eigenvalue weighted by Gasteiger charge is -2.24. The number of benzene rings is 2. The number of hydrogen-bond acceptors (Lipinski definition) is 3. The van der Waals surface area contributed by atoms with Gasteiger partial charge >= 0.3 is 0 Å². The average Bonchev–Trinajstić information content (AvgIpc) is 3.50. The van der Waals surface area contributed by atoms with Crippen LogP contribution in [-0.4, -0.2) is 30.6 Å².